The largest absolute Gasteiger partial charge is 0.281 e. The molecule has 2 heterocycles. The molecule has 6 heteroatoms. The highest BCUT2D eigenvalue weighted by Gasteiger charge is 2.24. The Morgan fingerprint density at radius 1 is 1.17 bits per heavy atom. The van der Waals surface area contributed by atoms with Gasteiger partial charge in [-0.25, -0.2) is 4.98 Å². The highest BCUT2D eigenvalue weighted by atomic mass is 32.1. The van der Waals surface area contributed by atoms with Crippen LogP contribution in [-0.4, -0.2) is 20.2 Å². The van der Waals surface area contributed by atoms with Crippen LogP contribution in [0.4, 0.5) is 0 Å². The zero-order chi connectivity index (χ0) is 13.5. The molecule has 2 aromatic rings. The lowest BCUT2D eigenvalue weighted by Gasteiger charge is -2.13. The number of H-pyrrole nitrogens is 2. The summed E-state index contributed by atoms with van der Waals surface area (Å²) >= 11 is 6.70. The molecule has 4 nitrogen and oxygen atoms in total. The molecule has 0 radical (unpaired) electrons. The maximum absolute atomic E-state index is 5.01. The number of aromatic nitrogens is 4. The lowest BCUT2D eigenvalue weighted by Crippen LogP contribution is -2.10. The Morgan fingerprint density at radius 3 is 2.28 bits per heavy atom. The van der Waals surface area contributed by atoms with Gasteiger partial charge in [0.05, 0.1) is 15.6 Å². The molecule has 0 spiro atoms. The highest BCUT2D eigenvalue weighted by Crippen LogP contribution is 2.37. The summed E-state index contributed by atoms with van der Waals surface area (Å²) in [5.41, 5.74) is 1.14. The molecule has 0 aliphatic carbocycles. The second-order valence-electron chi connectivity index (χ2n) is 5.65. The Morgan fingerprint density at radius 2 is 1.83 bits per heavy atom. The van der Waals surface area contributed by atoms with Crippen LogP contribution >= 0.6 is 23.6 Å². The summed E-state index contributed by atoms with van der Waals surface area (Å²) in [4.78, 5) is 10.2. The van der Waals surface area contributed by atoms with Crippen LogP contribution in [0.25, 0.3) is 10.7 Å². The Bertz CT molecular complexity index is 598. The van der Waals surface area contributed by atoms with E-state index in [1.165, 1.54) is 0 Å². The van der Waals surface area contributed by atoms with E-state index < -0.39 is 0 Å². The number of thiazole rings is 1. The summed E-state index contributed by atoms with van der Waals surface area (Å²) in [6.07, 6.45) is 0. The molecular formula is C12H18N4S2. The molecule has 2 rings (SSSR count). The van der Waals surface area contributed by atoms with Crippen molar-refractivity contribution in [2.75, 3.05) is 0 Å². The summed E-state index contributed by atoms with van der Waals surface area (Å²) in [7, 11) is 0. The molecule has 0 aliphatic rings. The summed E-state index contributed by atoms with van der Waals surface area (Å²) in [5, 5.41) is 6.98. The van der Waals surface area contributed by atoms with Crippen molar-refractivity contribution >= 4 is 23.6 Å². The minimum atomic E-state index is 0.0552. The maximum atomic E-state index is 5.01. The summed E-state index contributed by atoms with van der Waals surface area (Å²) in [5.74, 6) is 1.16. The van der Waals surface area contributed by atoms with Gasteiger partial charge in [-0.05, 0) is 18.1 Å². The van der Waals surface area contributed by atoms with Crippen molar-refractivity contribution in [1.29, 1.82) is 0 Å². The Hall–Kier alpha value is -1.01. The molecule has 0 atom stereocenters. The molecule has 18 heavy (non-hydrogen) atoms. The monoisotopic (exact) mass is 282 g/mol. The van der Waals surface area contributed by atoms with Crippen LogP contribution in [0.5, 0.6) is 0 Å². The van der Waals surface area contributed by atoms with E-state index in [-0.39, 0.29) is 5.41 Å². The smallest absolute Gasteiger partial charge is 0.213 e. The van der Waals surface area contributed by atoms with Crippen LogP contribution in [0.1, 0.15) is 51.2 Å². The third-order valence-corrected chi connectivity index (χ3v) is 4.26. The van der Waals surface area contributed by atoms with Gasteiger partial charge >= 0.3 is 0 Å². The van der Waals surface area contributed by atoms with Gasteiger partial charge in [0.1, 0.15) is 0 Å². The number of nitrogens with one attached hydrogen (secondary N) is 2. The van der Waals surface area contributed by atoms with Crippen LogP contribution < -0.4 is 0 Å². The highest BCUT2D eigenvalue weighted by molar-refractivity contribution is 7.71. The van der Waals surface area contributed by atoms with E-state index in [9.17, 15) is 0 Å². The minimum Gasteiger partial charge on any atom is -0.281 e. The van der Waals surface area contributed by atoms with Gasteiger partial charge in [-0.15, -0.1) is 11.3 Å². The number of rotatable bonds is 2. The Kier molecular flexibility index (Phi) is 3.42. The van der Waals surface area contributed by atoms with E-state index in [1.54, 1.807) is 11.3 Å². The van der Waals surface area contributed by atoms with Crippen LogP contribution in [0.3, 0.4) is 0 Å². The molecule has 0 fully saturated rings. The predicted molar refractivity (Wildman–Crippen MR) is 77.7 cm³/mol. The zero-order valence-corrected chi connectivity index (χ0v) is 12.9. The van der Waals surface area contributed by atoms with Crippen molar-refractivity contribution in [1.82, 2.24) is 20.2 Å². The van der Waals surface area contributed by atoms with Gasteiger partial charge in [0, 0.05) is 5.41 Å². The summed E-state index contributed by atoms with van der Waals surface area (Å²) in [6.45, 7) is 10.8. The van der Waals surface area contributed by atoms with Crippen molar-refractivity contribution in [2.45, 2.75) is 46.0 Å². The number of aromatic amines is 2. The second-order valence-corrected chi connectivity index (χ2v) is 7.04. The first-order chi connectivity index (χ1) is 8.29. The van der Waals surface area contributed by atoms with Crippen LogP contribution in [-0.2, 0) is 5.41 Å². The van der Waals surface area contributed by atoms with Gasteiger partial charge in [-0.3, -0.25) is 10.2 Å². The van der Waals surface area contributed by atoms with Crippen LogP contribution in [0.15, 0.2) is 0 Å². The van der Waals surface area contributed by atoms with Crippen molar-refractivity contribution in [3.63, 3.8) is 0 Å². The summed E-state index contributed by atoms with van der Waals surface area (Å²) < 4.78 is 0.477. The Labute approximate surface area is 116 Å². The van der Waals surface area contributed by atoms with Gasteiger partial charge in [-0.1, -0.05) is 34.6 Å². The zero-order valence-electron chi connectivity index (χ0n) is 11.3. The normalized spacial score (nSPS) is 12.3. The van der Waals surface area contributed by atoms with Crippen molar-refractivity contribution in [2.24, 2.45) is 0 Å². The molecule has 2 N–H and O–H groups in total. The average Bonchev–Trinajstić information content (AvgIpc) is 2.81. The molecule has 0 saturated carbocycles. The van der Waals surface area contributed by atoms with Crippen LogP contribution in [0, 0.1) is 4.77 Å². The molecule has 0 aliphatic heterocycles. The molecule has 0 aromatic carbocycles. The molecule has 0 unspecified atom stereocenters. The van der Waals surface area contributed by atoms with Crippen LogP contribution in [0.2, 0.25) is 0 Å². The number of nitrogens with zero attached hydrogens (tertiary/aromatic N) is 2. The van der Waals surface area contributed by atoms with Gasteiger partial charge in [0.25, 0.3) is 0 Å². The fourth-order valence-corrected chi connectivity index (χ4v) is 2.96. The number of hydrogen-bond donors (Lipinski definition) is 2. The Balaban J connectivity index is 2.59. The first kappa shape index (κ1) is 13.4. The first-order valence-electron chi connectivity index (χ1n) is 5.95. The molecule has 98 valence electrons. The fourth-order valence-electron chi connectivity index (χ4n) is 1.59. The van der Waals surface area contributed by atoms with E-state index in [2.05, 4.69) is 49.8 Å². The SMILES string of the molecule is CC(C)c1nc(C(C)(C)C)sc1-c1nc(=S)[nH][nH]1. The third kappa shape index (κ3) is 2.54. The standard InChI is InChI=1S/C12H18N4S2/c1-6(2)7-8(9-14-11(17)16-15-9)18-10(13-7)12(3,4)5/h6H,1-5H3,(H2,14,15,16,17). The topological polar surface area (TPSA) is 57.4 Å². The van der Waals surface area contributed by atoms with Gasteiger partial charge in [-0.2, -0.15) is 4.98 Å². The molecule has 0 bridgehead atoms. The van der Waals surface area contributed by atoms with E-state index >= 15 is 0 Å². The molecular weight excluding hydrogens is 264 g/mol. The second kappa shape index (κ2) is 4.59. The summed E-state index contributed by atoms with van der Waals surface area (Å²) in [6, 6.07) is 0. The van der Waals surface area contributed by atoms with Crippen molar-refractivity contribution in [3.05, 3.63) is 15.5 Å². The van der Waals surface area contributed by atoms with Gasteiger partial charge in [0.2, 0.25) is 4.77 Å². The fraction of sp³-hybridized carbons (Fsp3) is 0.583. The quantitative estimate of drug-likeness (QED) is 0.818. The molecule has 0 amide bonds. The maximum Gasteiger partial charge on any atom is 0.213 e. The average molecular weight is 282 g/mol. The van der Waals surface area contributed by atoms with E-state index in [4.69, 9.17) is 17.2 Å². The van der Waals surface area contributed by atoms with Gasteiger partial charge in [0.15, 0.2) is 5.82 Å². The third-order valence-electron chi connectivity index (χ3n) is 2.56. The lowest BCUT2D eigenvalue weighted by atomic mass is 9.98. The molecule has 0 saturated heterocycles. The molecule has 2 aromatic heterocycles. The predicted octanol–water partition coefficient (Wildman–Crippen LogP) is 4.01. The first-order valence-corrected chi connectivity index (χ1v) is 7.17. The van der Waals surface area contributed by atoms with Crippen molar-refractivity contribution < 1.29 is 0 Å². The van der Waals surface area contributed by atoms with E-state index in [0.29, 0.717) is 10.7 Å². The van der Waals surface area contributed by atoms with E-state index in [1.807, 2.05) is 0 Å². The van der Waals surface area contributed by atoms with E-state index in [0.717, 1.165) is 21.4 Å². The minimum absolute atomic E-state index is 0.0552. The lowest BCUT2D eigenvalue weighted by molar-refractivity contribution is 0.581. The van der Waals surface area contributed by atoms with Gasteiger partial charge < -0.3 is 0 Å². The number of hydrogen-bond acceptors (Lipinski definition) is 4. The van der Waals surface area contributed by atoms with Crippen molar-refractivity contribution in [3.8, 4) is 10.7 Å².